The molecule has 1 rings (SSSR count). The number of nitrogens with two attached hydrogens (primary N) is 1. The summed E-state index contributed by atoms with van der Waals surface area (Å²) in [6.45, 7) is 0. The Balaban J connectivity index is 3.05. The van der Waals surface area contributed by atoms with Crippen LogP contribution in [0.25, 0.3) is 0 Å². The fraction of sp³-hybridized carbons (Fsp3) is 0.286. The number of nitrogen functional groups attached to an aromatic ring is 1. The molecule has 0 aliphatic carbocycles. The molecule has 0 saturated carbocycles. The van der Waals surface area contributed by atoms with E-state index >= 15 is 0 Å². The van der Waals surface area contributed by atoms with Crippen LogP contribution in [0.2, 0.25) is 0 Å². The van der Waals surface area contributed by atoms with E-state index < -0.39 is 11.2 Å². The maximum Gasteiger partial charge on any atom is 0.247 e. The number of aromatic nitrogens is 1. The molecule has 2 N–H and O–H groups in total. The summed E-state index contributed by atoms with van der Waals surface area (Å²) in [6, 6.07) is 3.25. The number of anilines is 1. The molecular weight excluding hydrogens is 176 g/mol. The van der Waals surface area contributed by atoms with Crippen LogP contribution in [0, 0.1) is 0 Å². The number of rotatable bonds is 2. The van der Waals surface area contributed by atoms with Gasteiger partial charge in [0.05, 0.1) is 12.8 Å². The zero-order valence-corrected chi connectivity index (χ0v) is 7.72. The van der Waals surface area contributed by atoms with Gasteiger partial charge in [0, 0.05) is 17.2 Å². The van der Waals surface area contributed by atoms with Crippen molar-refractivity contribution in [1.29, 1.82) is 0 Å². The summed E-state index contributed by atoms with van der Waals surface area (Å²) in [6.07, 6.45) is 1.55. The van der Waals surface area contributed by atoms with Gasteiger partial charge >= 0.3 is 0 Å². The lowest BCUT2D eigenvalue weighted by Crippen LogP contribution is -2.03. The van der Waals surface area contributed by atoms with Crippen molar-refractivity contribution in [3.63, 3.8) is 0 Å². The Bertz CT molecular complexity index is 278. The number of hydrogen-bond acceptors (Lipinski definition) is 4. The predicted molar refractivity (Wildman–Crippen MR) is 47.5 cm³/mol. The predicted octanol–water partition coefficient (Wildman–Crippen LogP) is 0.410. The first-order chi connectivity index (χ1) is 5.65. The molecule has 66 valence electrons. The lowest BCUT2D eigenvalue weighted by Gasteiger charge is -2.06. The van der Waals surface area contributed by atoms with Gasteiger partial charge < -0.3 is 15.0 Å². The fourth-order valence-corrected chi connectivity index (χ4v) is 1.23. The average Bonchev–Trinajstić information content (AvgIpc) is 2.05. The highest BCUT2D eigenvalue weighted by molar-refractivity contribution is 7.90. The Hall–Kier alpha value is -0.940. The van der Waals surface area contributed by atoms with Crippen LogP contribution < -0.4 is 10.5 Å². The highest BCUT2D eigenvalue weighted by atomic mass is 32.2. The lowest BCUT2D eigenvalue weighted by molar-refractivity contribution is 0.396. The van der Waals surface area contributed by atoms with Crippen LogP contribution in [-0.4, -0.2) is 22.9 Å². The summed E-state index contributed by atoms with van der Waals surface area (Å²) in [5, 5.41) is 0.473. The monoisotopic (exact) mass is 186 g/mol. The Morgan fingerprint density at radius 3 is 2.75 bits per heavy atom. The van der Waals surface area contributed by atoms with E-state index in [2.05, 4.69) is 4.98 Å². The zero-order chi connectivity index (χ0) is 9.14. The molecule has 1 aromatic heterocycles. The number of ether oxygens (including phenoxy) is 1. The van der Waals surface area contributed by atoms with Crippen molar-refractivity contribution in [2.24, 2.45) is 0 Å². The molecule has 0 bridgehead atoms. The van der Waals surface area contributed by atoms with Gasteiger partial charge in [0.1, 0.15) is 6.26 Å². The Morgan fingerprint density at radius 2 is 2.25 bits per heavy atom. The number of hydrogen-bond donors (Lipinski definition) is 1. The SMILES string of the molecule is COc1nc([S+](C)[O-])ccc1N. The molecule has 12 heavy (non-hydrogen) atoms. The van der Waals surface area contributed by atoms with E-state index in [4.69, 9.17) is 10.5 Å². The molecule has 5 heteroatoms. The van der Waals surface area contributed by atoms with E-state index in [1.54, 1.807) is 18.4 Å². The number of methoxy groups -OCH3 is 1. The summed E-state index contributed by atoms with van der Waals surface area (Å²) < 4.78 is 15.8. The second kappa shape index (κ2) is 3.64. The highest BCUT2D eigenvalue weighted by Crippen LogP contribution is 2.19. The molecule has 0 radical (unpaired) electrons. The third-order valence-corrected chi connectivity index (χ3v) is 2.17. The van der Waals surface area contributed by atoms with Crippen LogP contribution in [0.4, 0.5) is 5.69 Å². The lowest BCUT2D eigenvalue weighted by atomic mass is 10.4. The van der Waals surface area contributed by atoms with Gasteiger partial charge in [-0.3, -0.25) is 0 Å². The van der Waals surface area contributed by atoms with E-state index in [1.165, 1.54) is 7.11 Å². The molecule has 4 nitrogen and oxygen atoms in total. The number of pyridine rings is 1. The van der Waals surface area contributed by atoms with Gasteiger partial charge in [0.2, 0.25) is 10.9 Å². The molecule has 1 heterocycles. The van der Waals surface area contributed by atoms with Gasteiger partial charge in [-0.2, -0.15) is 4.98 Å². The molecule has 1 aromatic rings. The normalized spacial score (nSPS) is 12.6. The van der Waals surface area contributed by atoms with Crippen LogP contribution in [0.5, 0.6) is 5.88 Å². The minimum atomic E-state index is -1.10. The maximum atomic E-state index is 11.0. The molecule has 1 atom stereocenters. The molecule has 0 aliphatic heterocycles. The molecule has 1 unspecified atom stereocenters. The standard InChI is InChI=1S/C7H10N2O2S/c1-11-7-5(8)3-4-6(9-7)12(2)10/h3-4H,8H2,1-2H3. The van der Waals surface area contributed by atoms with E-state index in [9.17, 15) is 4.55 Å². The average molecular weight is 186 g/mol. The highest BCUT2D eigenvalue weighted by Gasteiger charge is 2.09. The van der Waals surface area contributed by atoms with Gasteiger partial charge in [0.25, 0.3) is 0 Å². The van der Waals surface area contributed by atoms with Gasteiger partial charge in [-0.25, -0.2) is 0 Å². The van der Waals surface area contributed by atoms with Crippen molar-refractivity contribution in [3.8, 4) is 5.88 Å². The number of nitrogens with zero attached hydrogens (tertiary/aromatic N) is 1. The van der Waals surface area contributed by atoms with E-state index in [-0.39, 0.29) is 0 Å². The summed E-state index contributed by atoms with van der Waals surface area (Å²) in [5.74, 6) is 0.322. The molecule has 0 fully saturated rings. The fourth-order valence-electron chi connectivity index (χ4n) is 0.758. The van der Waals surface area contributed by atoms with E-state index in [0.717, 1.165) is 0 Å². The van der Waals surface area contributed by atoms with Crippen LogP contribution >= 0.6 is 0 Å². The molecule has 0 aromatic carbocycles. The summed E-state index contributed by atoms with van der Waals surface area (Å²) in [5.41, 5.74) is 5.96. The topological polar surface area (TPSA) is 71.2 Å². The minimum Gasteiger partial charge on any atom is -0.610 e. The molecular formula is C7H10N2O2S. The second-order valence-corrected chi connectivity index (χ2v) is 3.53. The van der Waals surface area contributed by atoms with E-state index in [0.29, 0.717) is 16.6 Å². The Morgan fingerprint density at radius 1 is 1.58 bits per heavy atom. The van der Waals surface area contributed by atoms with Crippen molar-refractivity contribution in [2.45, 2.75) is 5.03 Å². The first kappa shape index (κ1) is 9.15. The molecule has 0 saturated heterocycles. The first-order valence-electron chi connectivity index (χ1n) is 3.29. The van der Waals surface area contributed by atoms with Crippen molar-refractivity contribution in [1.82, 2.24) is 4.98 Å². The largest absolute Gasteiger partial charge is 0.610 e. The van der Waals surface area contributed by atoms with Gasteiger partial charge in [-0.15, -0.1) is 0 Å². The summed E-state index contributed by atoms with van der Waals surface area (Å²) in [4.78, 5) is 3.94. The van der Waals surface area contributed by atoms with E-state index in [1.807, 2.05) is 0 Å². The zero-order valence-electron chi connectivity index (χ0n) is 6.90. The minimum absolute atomic E-state index is 0.322. The Kier molecular flexibility index (Phi) is 2.78. The first-order valence-corrected chi connectivity index (χ1v) is 4.85. The van der Waals surface area contributed by atoms with Crippen molar-refractivity contribution in [3.05, 3.63) is 12.1 Å². The molecule has 0 spiro atoms. The van der Waals surface area contributed by atoms with Gasteiger partial charge in [-0.1, -0.05) is 0 Å². The third-order valence-electron chi connectivity index (χ3n) is 1.35. The molecule has 0 amide bonds. The molecule has 0 aliphatic rings. The second-order valence-electron chi connectivity index (χ2n) is 2.20. The van der Waals surface area contributed by atoms with Crippen LogP contribution in [0.1, 0.15) is 0 Å². The van der Waals surface area contributed by atoms with Crippen LogP contribution in [-0.2, 0) is 11.2 Å². The quantitative estimate of drug-likeness (QED) is 0.679. The van der Waals surface area contributed by atoms with Crippen molar-refractivity contribution >= 4 is 16.9 Å². The summed E-state index contributed by atoms with van der Waals surface area (Å²) in [7, 11) is 1.47. The third kappa shape index (κ3) is 1.80. The maximum absolute atomic E-state index is 11.0. The van der Waals surface area contributed by atoms with Crippen LogP contribution in [0.15, 0.2) is 17.2 Å². The van der Waals surface area contributed by atoms with Crippen LogP contribution in [0.3, 0.4) is 0 Å². The van der Waals surface area contributed by atoms with Crippen molar-refractivity contribution in [2.75, 3.05) is 19.1 Å². The van der Waals surface area contributed by atoms with Gasteiger partial charge in [-0.05, 0) is 6.07 Å². The summed E-state index contributed by atoms with van der Waals surface area (Å²) >= 11 is -1.10. The van der Waals surface area contributed by atoms with Gasteiger partial charge in [0.15, 0.2) is 0 Å². The Labute approximate surface area is 73.9 Å². The smallest absolute Gasteiger partial charge is 0.247 e. The van der Waals surface area contributed by atoms with Crippen molar-refractivity contribution < 1.29 is 9.29 Å².